The van der Waals surface area contributed by atoms with Crippen molar-refractivity contribution in [1.82, 2.24) is 0 Å². The van der Waals surface area contributed by atoms with Crippen LogP contribution in [0.3, 0.4) is 0 Å². The zero-order valence-corrected chi connectivity index (χ0v) is 13.0. The summed E-state index contributed by atoms with van der Waals surface area (Å²) in [5.41, 5.74) is 0.803. The topological polar surface area (TPSA) is 47.9 Å². The van der Waals surface area contributed by atoms with E-state index in [1.54, 1.807) is 0 Å². The SMILES string of the molecule is CCCCCCC(C)OCC(O)c1ccc2c(c1)OCO2. The van der Waals surface area contributed by atoms with Crippen molar-refractivity contribution in [3.63, 3.8) is 0 Å². The van der Waals surface area contributed by atoms with Gasteiger partial charge in [0.05, 0.1) is 12.7 Å². The highest BCUT2D eigenvalue weighted by Gasteiger charge is 2.17. The van der Waals surface area contributed by atoms with Gasteiger partial charge in [0.1, 0.15) is 6.10 Å². The summed E-state index contributed by atoms with van der Waals surface area (Å²) >= 11 is 0. The Morgan fingerprint density at radius 1 is 1.19 bits per heavy atom. The van der Waals surface area contributed by atoms with E-state index < -0.39 is 6.10 Å². The van der Waals surface area contributed by atoms with Crippen molar-refractivity contribution >= 4 is 0 Å². The first-order chi connectivity index (χ1) is 10.2. The van der Waals surface area contributed by atoms with Crippen molar-refractivity contribution in [2.45, 2.75) is 58.2 Å². The molecule has 1 aliphatic rings. The van der Waals surface area contributed by atoms with Crippen LogP contribution in [0.25, 0.3) is 0 Å². The minimum atomic E-state index is -0.627. The van der Waals surface area contributed by atoms with Crippen molar-refractivity contribution in [2.75, 3.05) is 13.4 Å². The summed E-state index contributed by atoms with van der Waals surface area (Å²) in [6.07, 6.45) is 5.59. The van der Waals surface area contributed by atoms with E-state index in [1.807, 2.05) is 18.2 Å². The predicted molar refractivity (Wildman–Crippen MR) is 81.7 cm³/mol. The lowest BCUT2D eigenvalue weighted by Gasteiger charge is -2.17. The number of benzene rings is 1. The second-order valence-electron chi connectivity index (χ2n) is 5.62. The maximum atomic E-state index is 10.2. The molecule has 1 aromatic rings. The molecule has 4 heteroatoms. The first-order valence-corrected chi connectivity index (χ1v) is 7.90. The van der Waals surface area contributed by atoms with Gasteiger partial charge in [-0.05, 0) is 31.0 Å². The molecule has 4 nitrogen and oxygen atoms in total. The Kier molecular flexibility index (Phi) is 6.33. The Morgan fingerprint density at radius 2 is 2.00 bits per heavy atom. The standard InChI is InChI=1S/C17H26O4/c1-3-4-5-6-7-13(2)19-11-15(18)14-8-9-16-17(10-14)21-12-20-16/h8-10,13,15,18H,3-7,11-12H2,1-2H3. The molecule has 0 saturated carbocycles. The number of aliphatic hydroxyl groups excluding tert-OH is 1. The van der Waals surface area contributed by atoms with Gasteiger partial charge in [0, 0.05) is 0 Å². The molecule has 0 spiro atoms. The molecule has 1 aromatic carbocycles. The molecule has 0 aliphatic carbocycles. The third-order valence-electron chi connectivity index (χ3n) is 3.78. The molecule has 1 N–H and O–H groups in total. The first kappa shape index (κ1) is 16.1. The normalized spacial score (nSPS) is 16.0. The predicted octanol–water partition coefficient (Wildman–Crippen LogP) is 3.82. The number of fused-ring (bicyclic) bond motifs is 1. The molecule has 0 aromatic heterocycles. The molecule has 0 saturated heterocycles. The Morgan fingerprint density at radius 3 is 2.81 bits per heavy atom. The summed E-state index contributed by atoms with van der Waals surface area (Å²) in [6.45, 7) is 4.84. The summed E-state index contributed by atoms with van der Waals surface area (Å²) < 4.78 is 16.3. The van der Waals surface area contributed by atoms with Crippen LogP contribution in [-0.4, -0.2) is 24.6 Å². The lowest BCUT2D eigenvalue weighted by molar-refractivity contribution is -0.00655. The number of hydrogen-bond acceptors (Lipinski definition) is 4. The average molecular weight is 294 g/mol. The van der Waals surface area contributed by atoms with Crippen molar-refractivity contribution < 1.29 is 19.3 Å². The van der Waals surface area contributed by atoms with Gasteiger partial charge in [-0.25, -0.2) is 0 Å². The summed E-state index contributed by atoms with van der Waals surface area (Å²) in [4.78, 5) is 0. The summed E-state index contributed by atoms with van der Waals surface area (Å²) in [7, 11) is 0. The van der Waals surface area contributed by atoms with Crippen LogP contribution in [0, 0.1) is 0 Å². The molecule has 21 heavy (non-hydrogen) atoms. The zero-order chi connectivity index (χ0) is 15.1. The average Bonchev–Trinajstić information content (AvgIpc) is 2.96. The van der Waals surface area contributed by atoms with Crippen LogP contribution in [0.2, 0.25) is 0 Å². The molecule has 118 valence electrons. The van der Waals surface area contributed by atoms with Gasteiger partial charge in [-0.1, -0.05) is 38.7 Å². The van der Waals surface area contributed by atoms with Gasteiger partial charge in [0.25, 0.3) is 0 Å². The molecule has 2 atom stereocenters. The number of hydrogen-bond donors (Lipinski definition) is 1. The van der Waals surface area contributed by atoms with E-state index in [0.717, 1.165) is 17.7 Å². The van der Waals surface area contributed by atoms with Crippen molar-refractivity contribution in [3.05, 3.63) is 23.8 Å². The highest BCUT2D eigenvalue weighted by atomic mass is 16.7. The van der Waals surface area contributed by atoms with Crippen molar-refractivity contribution in [2.24, 2.45) is 0 Å². The smallest absolute Gasteiger partial charge is 0.231 e. The van der Waals surface area contributed by atoms with Gasteiger partial charge in [0.2, 0.25) is 6.79 Å². The maximum Gasteiger partial charge on any atom is 0.231 e. The number of aliphatic hydroxyl groups is 1. The lowest BCUT2D eigenvalue weighted by Crippen LogP contribution is -2.14. The van der Waals surface area contributed by atoms with Crippen LogP contribution in [0.1, 0.15) is 57.6 Å². The minimum Gasteiger partial charge on any atom is -0.454 e. The van der Waals surface area contributed by atoms with E-state index in [0.29, 0.717) is 12.4 Å². The fourth-order valence-electron chi connectivity index (χ4n) is 2.41. The van der Waals surface area contributed by atoms with Crippen LogP contribution in [0.5, 0.6) is 11.5 Å². The van der Waals surface area contributed by atoms with E-state index in [2.05, 4.69) is 13.8 Å². The van der Waals surface area contributed by atoms with E-state index >= 15 is 0 Å². The van der Waals surface area contributed by atoms with Gasteiger partial charge >= 0.3 is 0 Å². The Balaban J connectivity index is 1.72. The van der Waals surface area contributed by atoms with Crippen LogP contribution in [0.4, 0.5) is 0 Å². The molecular weight excluding hydrogens is 268 g/mol. The monoisotopic (exact) mass is 294 g/mol. The van der Waals surface area contributed by atoms with E-state index in [1.165, 1.54) is 25.7 Å². The molecule has 2 unspecified atom stereocenters. The fourth-order valence-corrected chi connectivity index (χ4v) is 2.41. The zero-order valence-electron chi connectivity index (χ0n) is 13.0. The highest BCUT2D eigenvalue weighted by molar-refractivity contribution is 5.45. The molecule has 0 amide bonds. The summed E-state index contributed by atoms with van der Waals surface area (Å²) in [6, 6.07) is 5.50. The van der Waals surface area contributed by atoms with Crippen molar-refractivity contribution in [3.8, 4) is 11.5 Å². The Hall–Kier alpha value is -1.26. The maximum absolute atomic E-state index is 10.2. The van der Waals surface area contributed by atoms with Gasteiger partial charge in [-0.2, -0.15) is 0 Å². The van der Waals surface area contributed by atoms with Crippen LogP contribution >= 0.6 is 0 Å². The number of ether oxygens (including phenoxy) is 3. The fraction of sp³-hybridized carbons (Fsp3) is 0.647. The highest BCUT2D eigenvalue weighted by Crippen LogP contribution is 2.34. The lowest BCUT2D eigenvalue weighted by atomic mass is 10.1. The molecular formula is C17H26O4. The molecule has 2 rings (SSSR count). The molecule has 1 heterocycles. The Labute approximate surface area is 127 Å². The molecule has 0 radical (unpaired) electrons. The third-order valence-corrected chi connectivity index (χ3v) is 3.78. The molecule has 0 bridgehead atoms. The number of rotatable bonds is 9. The Bertz CT molecular complexity index is 433. The molecule has 1 aliphatic heterocycles. The van der Waals surface area contributed by atoms with Gasteiger partial charge in [0.15, 0.2) is 11.5 Å². The quantitative estimate of drug-likeness (QED) is 0.703. The molecule has 0 fully saturated rings. The number of unbranched alkanes of at least 4 members (excludes halogenated alkanes) is 3. The van der Waals surface area contributed by atoms with Gasteiger partial charge < -0.3 is 19.3 Å². The van der Waals surface area contributed by atoms with E-state index in [-0.39, 0.29) is 12.9 Å². The second kappa shape index (κ2) is 8.25. The summed E-state index contributed by atoms with van der Waals surface area (Å²) in [5, 5.41) is 10.2. The third kappa shape index (κ3) is 4.90. The van der Waals surface area contributed by atoms with Crippen LogP contribution in [-0.2, 0) is 4.74 Å². The van der Waals surface area contributed by atoms with Crippen LogP contribution in [0.15, 0.2) is 18.2 Å². The van der Waals surface area contributed by atoms with E-state index in [4.69, 9.17) is 14.2 Å². The van der Waals surface area contributed by atoms with Crippen LogP contribution < -0.4 is 9.47 Å². The largest absolute Gasteiger partial charge is 0.454 e. The van der Waals surface area contributed by atoms with Gasteiger partial charge in [-0.3, -0.25) is 0 Å². The second-order valence-corrected chi connectivity index (χ2v) is 5.62. The summed E-state index contributed by atoms with van der Waals surface area (Å²) in [5.74, 6) is 1.43. The van der Waals surface area contributed by atoms with Crippen molar-refractivity contribution in [1.29, 1.82) is 0 Å². The van der Waals surface area contributed by atoms with Gasteiger partial charge in [-0.15, -0.1) is 0 Å². The van der Waals surface area contributed by atoms with E-state index in [9.17, 15) is 5.11 Å². The first-order valence-electron chi connectivity index (χ1n) is 7.90. The minimum absolute atomic E-state index is 0.186.